The highest BCUT2D eigenvalue weighted by Gasteiger charge is 2.28. The van der Waals surface area contributed by atoms with Crippen LogP contribution in [0.1, 0.15) is 36.6 Å². The summed E-state index contributed by atoms with van der Waals surface area (Å²) in [5.41, 5.74) is 0.580. The highest BCUT2D eigenvalue weighted by atomic mass is 32.2. The van der Waals surface area contributed by atoms with Gasteiger partial charge in [-0.15, -0.1) is 11.3 Å². The molecule has 10 heteroatoms. The molecule has 0 spiro atoms. The van der Waals surface area contributed by atoms with E-state index in [9.17, 15) is 13.2 Å². The lowest BCUT2D eigenvalue weighted by molar-refractivity contribution is -0.0985. The number of nitrogens with two attached hydrogens (primary N) is 1. The fraction of sp³-hybridized carbons (Fsp3) is 0.474. The summed E-state index contributed by atoms with van der Waals surface area (Å²) in [5, 5.41) is 9.26. The number of primary sulfonamides is 1. The third kappa shape index (κ3) is 4.77. The van der Waals surface area contributed by atoms with Crippen molar-refractivity contribution < 1.29 is 22.7 Å². The Labute approximate surface area is 173 Å². The Hall–Kier alpha value is -2.01. The van der Waals surface area contributed by atoms with Gasteiger partial charge in [-0.3, -0.25) is 0 Å². The van der Waals surface area contributed by atoms with Gasteiger partial charge in [0, 0.05) is 23.7 Å². The molecule has 2 fully saturated rings. The molecule has 1 aromatic carbocycles. The predicted molar refractivity (Wildman–Crippen MR) is 108 cm³/mol. The van der Waals surface area contributed by atoms with Crippen LogP contribution in [0.4, 0.5) is 4.79 Å². The van der Waals surface area contributed by atoms with Crippen LogP contribution in [0.3, 0.4) is 0 Å². The van der Waals surface area contributed by atoms with E-state index in [1.807, 2.05) is 0 Å². The Morgan fingerprint density at radius 1 is 1.21 bits per heavy atom. The lowest BCUT2D eigenvalue weighted by atomic mass is 9.86. The number of rotatable bonds is 5. The molecular formula is C19H23N3O5S2. The van der Waals surface area contributed by atoms with E-state index in [0.29, 0.717) is 24.7 Å². The van der Waals surface area contributed by atoms with Gasteiger partial charge >= 0.3 is 6.09 Å². The second kappa shape index (κ2) is 8.39. The summed E-state index contributed by atoms with van der Waals surface area (Å²) in [6.07, 6.45) is 4.72. The molecule has 1 amide bonds. The SMILES string of the molecule is NS(=O)(=O)c1ccccc1-c1cnc([C@H]2CC[C@H](NC(=O)OC3COC3)CC2)s1. The average Bonchev–Trinajstić information content (AvgIpc) is 3.15. The van der Waals surface area contributed by atoms with Crippen LogP contribution < -0.4 is 10.5 Å². The average molecular weight is 438 g/mol. The van der Waals surface area contributed by atoms with Gasteiger partial charge in [-0.05, 0) is 31.7 Å². The van der Waals surface area contributed by atoms with E-state index in [1.54, 1.807) is 24.4 Å². The molecule has 8 nitrogen and oxygen atoms in total. The fourth-order valence-electron chi connectivity index (χ4n) is 3.64. The van der Waals surface area contributed by atoms with Crippen molar-refractivity contribution in [1.82, 2.24) is 10.3 Å². The van der Waals surface area contributed by atoms with Crippen molar-refractivity contribution in [2.24, 2.45) is 5.14 Å². The van der Waals surface area contributed by atoms with Gasteiger partial charge in [-0.1, -0.05) is 18.2 Å². The molecule has 3 N–H and O–H groups in total. The monoisotopic (exact) mass is 437 g/mol. The first-order valence-electron chi connectivity index (χ1n) is 9.53. The lowest BCUT2D eigenvalue weighted by Crippen LogP contribution is -2.44. The summed E-state index contributed by atoms with van der Waals surface area (Å²) >= 11 is 1.50. The van der Waals surface area contributed by atoms with Crippen LogP contribution in [0.2, 0.25) is 0 Å². The van der Waals surface area contributed by atoms with E-state index >= 15 is 0 Å². The van der Waals surface area contributed by atoms with E-state index in [2.05, 4.69) is 10.3 Å². The normalized spacial score (nSPS) is 22.7. The van der Waals surface area contributed by atoms with Gasteiger partial charge in [-0.2, -0.15) is 0 Å². The van der Waals surface area contributed by atoms with E-state index in [-0.39, 0.29) is 23.1 Å². The van der Waals surface area contributed by atoms with Crippen LogP contribution in [0.5, 0.6) is 0 Å². The van der Waals surface area contributed by atoms with Crippen LogP contribution >= 0.6 is 11.3 Å². The Morgan fingerprint density at radius 3 is 2.59 bits per heavy atom. The van der Waals surface area contributed by atoms with Crippen LogP contribution in [0.15, 0.2) is 35.4 Å². The largest absolute Gasteiger partial charge is 0.441 e. The molecule has 0 radical (unpaired) electrons. The number of alkyl carbamates (subject to hydrolysis) is 1. The van der Waals surface area contributed by atoms with Crippen molar-refractivity contribution >= 4 is 27.5 Å². The summed E-state index contributed by atoms with van der Waals surface area (Å²) in [6.45, 7) is 0.947. The van der Waals surface area contributed by atoms with Gasteiger partial charge in [0.1, 0.15) is 0 Å². The van der Waals surface area contributed by atoms with Gasteiger partial charge in [0.15, 0.2) is 6.10 Å². The number of nitrogens with one attached hydrogen (secondary N) is 1. The van der Waals surface area contributed by atoms with Crippen molar-refractivity contribution in [3.8, 4) is 10.4 Å². The number of nitrogens with zero attached hydrogens (tertiary/aromatic N) is 1. The first kappa shape index (κ1) is 20.3. The maximum Gasteiger partial charge on any atom is 0.407 e. The lowest BCUT2D eigenvalue weighted by Gasteiger charge is -2.30. The van der Waals surface area contributed by atoms with Crippen LogP contribution in [-0.4, -0.2) is 44.9 Å². The van der Waals surface area contributed by atoms with Gasteiger partial charge in [0.25, 0.3) is 0 Å². The highest BCUT2D eigenvalue weighted by molar-refractivity contribution is 7.89. The first-order valence-corrected chi connectivity index (χ1v) is 11.9. The molecule has 1 saturated heterocycles. The first-order chi connectivity index (χ1) is 13.9. The molecular weight excluding hydrogens is 414 g/mol. The van der Waals surface area contributed by atoms with Gasteiger partial charge in [-0.25, -0.2) is 23.3 Å². The zero-order chi connectivity index (χ0) is 20.4. The maximum absolute atomic E-state index is 11.9. The van der Waals surface area contributed by atoms with Gasteiger partial charge < -0.3 is 14.8 Å². The summed E-state index contributed by atoms with van der Waals surface area (Å²) in [6, 6.07) is 6.80. The molecule has 156 valence electrons. The number of carbonyl (C=O) groups is 1. The number of amides is 1. The molecule has 1 aromatic heterocycles. The molecule has 29 heavy (non-hydrogen) atoms. The Morgan fingerprint density at radius 2 is 1.93 bits per heavy atom. The third-order valence-corrected chi connectivity index (χ3v) is 7.42. The van der Waals surface area contributed by atoms with E-state index in [0.717, 1.165) is 35.6 Å². The number of thiazole rings is 1. The molecule has 2 aliphatic rings. The molecule has 1 saturated carbocycles. The fourth-order valence-corrected chi connectivity index (χ4v) is 5.58. The summed E-state index contributed by atoms with van der Waals surface area (Å²) in [5.74, 6) is 0.296. The van der Waals surface area contributed by atoms with Crippen LogP contribution in [-0.2, 0) is 19.5 Å². The molecule has 4 rings (SSSR count). The molecule has 1 aliphatic heterocycles. The van der Waals surface area contributed by atoms with Crippen molar-refractivity contribution in [3.63, 3.8) is 0 Å². The minimum atomic E-state index is -3.80. The number of ether oxygens (including phenoxy) is 2. The molecule has 0 bridgehead atoms. The third-order valence-electron chi connectivity index (χ3n) is 5.26. The van der Waals surface area contributed by atoms with Crippen LogP contribution in [0.25, 0.3) is 10.4 Å². The van der Waals surface area contributed by atoms with Crippen molar-refractivity contribution in [1.29, 1.82) is 0 Å². The number of hydrogen-bond acceptors (Lipinski definition) is 7. The van der Waals surface area contributed by atoms with E-state index < -0.39 is 10.0 Å². The van der Waals surface area contributed by atoms with E-state index in [4.69, 9.17) is 14.6 Å². The Bertz CT molecular complexity index is 979. The number of sulfonamides is 1. The topological polar surface area (TPSA) is 121 Å². The highest BCUT2D eigenvalue weighted by Crippen LogP contribution is 2.39. The minimum Gasteiger partial charge on any atom is -0.441 e. The van der Waals surface area contributed by atoms with Crippen molar-refractivity contribution in [2.45, 2.75) is 48.6 Å². The van der Waals surface area contributed by atoms with Crippen molar-refractivity contribution in [3.05, 3.63) is 35.5 Å². The van der Waals surface area contributed by atoms with Gasteiger partial charge in [0.05, 0.1) is 28.0 Å². The van der Waals surface area contributed by atoms with Crippen molar-refractivity contribution in [2.75, 3.05) is 13.2 Å². The number of aromatic nitrogens is 1. The summed E-state index contributed by atoms with van der Waals surface area (Å²) in [4.78, 5) is 17.3. The van der Waals surface area contributed by atoms with E-state index in [1.165, 1.54) is 17.4 Å². The standard InChI is InChI=1S/C19H23N3O5S2/c20-29(24,25)17-4-2-1-3-15(17)16-9-21-18(28-16)12-5-7-13(8-6-12)22-19(23)27-14-10-26-11-14/h1-4,9,12-14H,5-8,10-11H2,(H,22,23)(H2,20,24,25)/t12-,13-. The summed E-state index contributed by atoms with van der Waals surface area (Å²) < 4.78 is 34.0. The minimum absolute atomic E-state index is 0.0993. The Balaban J connectivity index is 1.37. The summed E-state index contributed by atoms with van der Waals surface area (Å²) in [7, 11) is -3.80. The Kier molecular flexibility index (Phi) is 5.86. The zero-order valence-corrected chi connectivity index (χ0v) is 17.4. The molecule has 2 aromatic rings. The smallest absolute Gasteiger partial charge is 0.407 e. The number of carbonyl (C=O) groups excluding carboxylic acids is 1. The number of benzene rings is 1. The number of hydrogen-bond donors (Lipinski definition) is 2. The molecule has 0 unspecified atom stereocenters. The van der Waals surface area contributed by atoms with Gasteiger partial charge in [0.2, 0.25) is 10.0 Å². The second-order valence-corrected chi connectivity index (χ2v) is 9.95. The van der Waals surface area contributed by atoms with Crippen LogP contribution in [0, 0.1) is 0 Å². The molecule has 0 atom stereocenters. The quantitative estimate of drug-likeness (QED) is 0.742. The molecule has 1 aliphatic carbocycles. The molecule has 2 heterocycles. The zero-order valence-electron chi connectivity index (χ0n) is 15.7. The maximum atomic E-state index is 11.9. The predicted octanol–water partition coefficient (Wildman–Crippen LogP) is 2.61. The second-order valence-electron chi connectivity index (χ2n) is 7.36.